The van der Waals surface area contributed by atoms with Gasteiger partial charge in [-0.3, -0.25) is 9.59 Å². The molecule has 1 aliphatic heterocycles. The van der Waals surface area contributed by atoms with Crippen molar-refractivity contribution in [3.63, 3.8) is 0 Å². The predicted octanol–water partition coefficient (Wildman–Crippen LogP) is 0.596. The summed E-state index contributed by atoms with van der Waals surface area (Å²) in [6, 6.07) is 6.50. The second-order valence-electron chi connectivity index (χ2n) is 4.61. The Hall–Kier alpha value is -1.34. The number of hydrogen-bond donors (Lipinski definition) is 3. The fourth-order valence-corrected chi connectivity index (χ4v) is 2.18. The largest absolute Gasteiger partial charge is 0.378 e. The monoisotopic (exact) mass is 347 g/mol. The van der Waals surface area contributed by atoms with E-state index < -0.39 is 0 Å². The summed E-state index contributed by atoms with van der Waals surface area (Å²) in [4.78, 5) is 23.7. The van der Waals surface area contributed by atoms with Gasteiger partial charge in [-0.25, -0.2) is 0 Å². The van der Waals surface area contributed by atoms with Gasteiger partial charge in [0.15, 0.2) is 0 Å². The van der Waals surface area contributed by atoms with Gasteiger partial charge in [0.05, 0.1) is 23.8 Å². The van der Waals surface area contributed by atoms with E-state index in [0.717, 1.165) is 0 Å². The minimum Gasteiger partial charge on any atom is -0.378 e. The fraction of sp³-hybridized carbons (Fsp3) is 0.429. The zero-order valence-corrected chi connectivity index (χ0v) is 13.5. The summed E-state index contributed by atoms with van der Waals surface area (Å²) in [5.74, 6) is -0.379. The zero-order chi connectivity index (χ0) is 15.1. The summed E-state index contributed by atoms with van der Waals surface area (Å²) < 4.78 is 5.21. The quantitative estimate of drug-likeness (QED) is 0.681. The average molecular weight is 348 g/mol. The smallest absolute Gasteiger partial charge is 0.252 e. The lowest BCUT2D eigenvalue weighted by Crippen LogP contribution is -2.52. The first-order chi connectivity index (χ1) is 10.2. The first-order valence-corrected chi connectivity index (χ1v) is 7.18. The van der Waals surface area contributed by atoms with Crippen LogP contribution in [-0.2, 0) is 9.53 Å². The molecule has 122 valence electrons. The number of ether oxygens (including phenoxy) is 1. The molecule has 3 N–H and O–H groups in total. The second-order valence-corrected chi connectivity index (χ2v) is 5.02. The van der Waals surface area contributed by atoms with Gasteiger partial charge in [0.2, 0.25) is 5.91 Å². The van der Waals surface area contributed by atoms with Crippen LogP contribution in [-0.4, -0.2) is 50.7 Å². The molecule has 0 aromatic heterocycles. The third kappa shape index (κ3) is 5.46. The Morgan fingerprint density at radius 1 is 1.27 bits per heavy atom. The van der Waals surface area contributed by atoms with Crippen LogP contribution in [0.15, 0.2) is 24.3 Å². The van der Waals surface area contributed by atoms with Crippen molar-refractivity contribution in [2.24, 2.45) is 0 Å². The van der Waals surface area contributed by atoms with Gasteiger partial charge in [-0.15, -0.1) is 12.4 Å². The molecular weight excluding hydrogens is 329 g/mol. The molecule has 1 heterocycles. The number of carbonyl (C=O) groups is 2. The van der Waals surface area contributed by atoms with Crippen LogP contribution in [0.4, 0.5) is 0 Å². The van der Waals surface area contributed by atoms with Crippen LogP contribution in [0.1, 0.15) is 10.4 Å². The Bertz CT molecular complexity index is 508. The Morgan fingerprint density at radius 3 is 2.68 bits per heavy atom. The van der Waals surface area contributed by atoms with Crippen molar-refractivity contribution in [2.75, 3.05) is 32.8 Å². The van der Waals surface area contributed by atoms with Crippen LogP contribution in [0.5, 0.6) is 0 Å². The predicted molar refractivity (Wildman–Crippen MR) is 86.7 cm³/mol. The van der Waals surface area contributed by atoms with Gasteiger partial charge in [-0.2, -0.15) is 0 Å². The summed E-state index contributed by atoms with van der Waals surface area (Å²) in [5.41, 5.74) is 0.424. The molecule has 0 aliphatic carbocycles. The molecule has 1 unspecified atom stereocenters. The van der Waals surface area contributed by atoms with Crippen molar-refractivity contribution in [3.05, 3.63) is 34.9 Å². The van der Waals surface area contributed by atoms with Crippen LogP contribution < -0.4 is 16.0 Å². The van der Waals surface area contributed by atoms with Crippen LogP contribution >= 0.6 is 24.0 Å². The molecule has 0 bridgehead atoms. The molecule has 2 rings (SSSR count). The van der Waals surface area contributed by atoms with Crippen molar-refractivity contribution in [1.82, 2.24) is 16.0 Å². The number of amides is 2. The van der Waals surface area contributed by atoms with E-state index in [-0.39, 0.29) is 30.3 Å². The van der Waals surface area contributed by atoms with Gasteiger partial charge in [0.1, 0.15) is 6.04 Å². The first kappa shape index (κ1) is 18.7. The Morgan fingerprint density at radius 2 is 2.00 bits per heavy atom. The van der Waals surface area contributed by atoms with E-state index in [1.165, 1.54) is 0 Å². The Labute approximate surface area is 140 Å². The van der Waals surface area contributed by atoms with Crippen molar-refractivity contribution in [1.29, 1.82) is 0 Å². The minimum absolute atomic E-state index is 0. The summed E-state index contributed by atoms with van der Waals surface area (Å²) in [6.45, 7) is 2.35. The van der Waals surface area contributed by atoms with E-state index in [0.29, 0.717) is 43.4 Å². The maximum atomic E-state index is 11.9. The number of hydrogen-bond acceptors (Lipinski definition) is 4. The molecule has 1 aromatic rings. The first-order valence-electron chi connectivity index (χ1n) is 6.80. The van der Waals surface area contributed by atoms with Crippen LogP contribution in [0.25, 0.3) is 0 Å². The topological polar surface area (TPSA) is 79.5 Å². The van der Waals surface area contributed by atoms with E-state index in [9.17, 15) is 9.59 Å². The lowest BCUT2D eigenvalue weighted by atomic mass is 10.2. The third-order valence-corrected chi connectivity index (χ3v) is 3.40. The van der Waals surface area contributed by atoms with Gasteiger partial charge in [-0.05, 0) is 12.1 Å². The van der Waals surface area contributed by atoms with E-state index in [2.05, 4.69) is 16.0 Å². The standard InChI is InChI=1S/C14H18ClN3O3.ClH/c15-11-4-2-1-3-10(11)13(19)17-5-6-18-14(20)12-9-21-8-7-16-12;/h1-4,12,16H,5-9H2,(H,17,19)(H,18,20);1H. The van der Waals surface area contributed by atoms with Crippen LogP contribution in [0, 0.1) is 0 Å². The lowest BCUT2D eigenvalue weighted by molar-refractivity contribution is -0.125. The SMILES string of the molecule is Cl.O=C(NCCNC(=O)C1COCCN1)c1ccccc1Cl. The van der Waals surface area contributed by atoms with E-state index in [1.54, 1.807) is 24.3 Å². The Balaban J connectivity index is 0.00000242. The molecule has 2 amide bonds. The zero-order valence-electron chi connectivity index (χ0n) is 11.9. The summed E-state index contributed by atoms with van der Waals surface area (Å²) in [6.07, 6.45) is 0. The van der Waals surface area contributed by atoms with Gasteiger partial charge < -0.3 is 20.7 Å². The van der Waals surface area contributed by atoms with Gasteiger partial charge in [0.25, 0.3) is 5.91 Å². The average Bonchev–Trinajstić information content (AvgIpc) is 2.52. The molecule has 1 aromatic carbocycles. The van der Waals surface area contributed by atoms with Crippen molar-refractivity contribution in [3.8, 4) is 0 Å². The van der Waals surface area contributed by atoms with E-state index in [1.807, 2.05) is 0 Å². The highest BCUT2D eigenvalue weighted by Crippen LogP contribution is 2.14. The molecule has 0 spiro atoms. The molecular formula is C14H19Cl2N3O3. The van der Waals surface area contributed by atoms with E-state index >= 15 is 0 Å². The highest BCUT2D eigenvalue weighted by Gasteiger charge is 2.20. The number of nitrogens with one attached hydrogen (secondary N) is 3. The number of rotatable bonds is 5. The molecule has 1 aliphatic rings. The molecule has 1 saturated heterocycles. The summed E-state index contributed by atoms with van der Waals surface area (Å²) >= 11 is 5.93. The molecule has 0 radical (unpaired) electrons. The Kier molecular flexibility index (Phi) is 8.19. The van der Waals surface area contributed by atoms with Crippen LogP contribution in [0.2, 0.25) is 5.02 Å². The molecule has 22 heavy (non-hydrogen) atoms. The number of carbonyl (C=O) groups excluding carboxylic acids is 2. The molecule has 0 saturated carbocycles. The van der Waals surface area contributed by atoms with E-state index in [4.69, 9.17) is 16.3 Å². The number of morpholine rings is 1. The normalized spacial score (nSPS) is 17.2. The highest BCUT2D eigenvalue weighted by atomic mass is 35.5. The maximum Gasteiger partial charge on any atom is 0.252 e. The summed E-state index contributed by atoms with van der Waals surface area (Å²) in [5, 5.41) is 8.92. The van der Waals surface area contributed by atoms with Crippen LogP contribution in [0.3, 0.4) is 0 Å². The van der Waals surface area contributed by atoms with Crippen molar-refractivity contribution < 1.29 is 14.3 Å². The molecule has 8 heteroatoms. The van der Waals surface area contributed by atoms with Crippen molar-refractivity contribution in [2.45, 2.75) is 6.04 Å². The minimum atomic E-state index is -0.321. The van der Waals surface area contributed by atoms with Gasteiger partial charge in [0, 0.05) is 19.6 Å². The molecule has 1 atom stereocenters. The molecule has 6 nitrogen and oxygen atoms in total. The fourth-order valence-electron chi connectivity index (χ4n) is 1.96. The lowest BCUT2D eigenvalue weighted by Gasteiger charge is -2.22. The third-order valence-electron chi connectivity index (χ3n) is 3.07. The van der Waals surface area contributed by atoms with Crippen molar-refractivity contribution >= 4 is 35.8 Å². The second kappa shape index (κ2) is 9.63. The van der Waals surface area contributed by atoms with Gasteiger partial charge >= 0.3 is 0 Å². The summed E-state index contributed by atoms with van der Waals surface area (Å²) in [7, 11) is 0. The van der Waals surface area contributed by atoms with Gasteiger partial charge in [-0.1, -0.05) is 23.7 Å². The number of benzene rings is 1. The molecule has 1 fully saturated rings. The highest BCUT2D eigenvalue weighted by molar-refractivity contribution is 6.33. The number of halogens is 2. The maximum absolute atomic E-state index is 11.9.